The van der Waals surface area contributed by atoms with E-state index in [1.807, 2.05) is 0 Å². The molecule has 0 aliphatic heterocycles. The molecule has 0 saturated carbocycles. The lowest BCUT2D eigenvalue weighted by molar-refractivity contribution is -0.253. The number of carbonyl (C=O) groups excluding carboxylic acids is 1. The number of hydrogen-bond donors (Lipinski definition) is 0. The van der Waals surface area contributed by atoms with Crippen molar-refractivity contribution in [2.75, 3.05) is 6.61 Å². The van der Waals surface area contributed by atoms with Crippen LogP contribution in [0.4, 0.5) is 26.3 Å². The summed E-state index contributed by atoms with van der Waals surface area (Å²) in [4.78, 5) is 9.36. The lowest BCUT2D eigenvalue weighted by Gasteiger charge is -2.21. The molecule has 0 heterocycles. The molecule has 0 aromatic carbocycles. The molecule has 2 nitrogen and oxygen atoms in total. The van der Waals surface area contributed by atoms with Crippen LogP contribution in [0.1, 0.15) is 0 Å². The van der Waals surface area contributed by atoms with Gasteiger partial charge in [0.15, 0.2) is 6.61 Å². The minimum absolute atomic E-state index is 0.489. The minimum Gasteiger partial charge on any atom is -0.461 e. The highest BCUT2D eigenvalue weighted by atomic mass is 19.4. The Kier molecular flexibility index (Phi) is 3.56. The number of alkyl halides is 6. The maximum absolute atomic E-state index is 12.1. The maximum Gasteiger partial charge on any atom is 0.425 e. The molecule has 0 saturated heterocycles. The first-order valence-corrected chi connectivity index (χ1v) is 2.85. The van der Waals surface area contributed by atoms with Crippen LogP contribution in [0.3, 0.4) is 0 Å². The second-order valence-electron chi connectivity index (χ2n) is 2.07. The summed E-state index contributed by atoms with van der Waals surface area (Å²) in [6, 6.07) is 0. The highest BCUT2D eigenvalue weighted by Crippen LogP contribution is 2.34. The molecular weight excluding hydrogens is 206 g/mol. The first-order chi connectivity index (χ1) is 5.72. The van der Waals surface area contributed by atoms with Gasteiger partial charge in [-0.3, -0.25) is 4.79 Å². The van der Waals surface area contributed by atoms with E-state index >= 15 is 0 Å². The van der Waals surface area contributed by atoms with Crippen molar-refractivity contribution < 1.29 is 35.9 Å². The van der Waals surface area contributed by atoms with Crippen LogP contribution in [0.15, 0.2) is 0 Å². The Bertz CT molecular complexity index is 176. The molecule has 0 unspecified atom stereocenters. The van der Waals surface area contributed by atoms with Crippen molar-refractivity contribution in [1.82, 2.24) is 0 Å². The van der Waals surface area contributed by atoms with E-state index in [0.29, 0.717) is 0 Å². The molecule has 0 bridgehead atoms. The Morgan fingerprint density at radius 1 is 1.23 bits per heavy atom. The summed E-state index contributed by atoms with van der Waals surface area (Å²) >= 11 is 0. The quantitative estimate of drug-likeness (QED) is 0.521. The number of hydrogen-bond acceptors (Lipinski definition) is 2. The van der Waals surface area contributed by atoms with E-state index in [-0.39, 0.29) is 0 Å². The summed E-state index contributed by atoms with van der Waals surface area (Å²) in [7, 11) is 0. The van der Waals surface area contributed by atoms with Gasteiger partial charge in [0.2, 0.25) is 0 Å². The van der Waals surface area contributed by atoms with Gasteiger partial charge in [0.1, 0.15) is 0 Å². The molecule has 13 heavy (non-hydrogen) atoms. The number of rotatable bonds is 4. The first kappa shape index (κ1) is 12.0. The van der Waals surface area contributed by atoms with E-state index in [0.717, 1.165) is 0 Å². The van der Waals surface area contributed by atoms with Crippen LogP contribution in [-0.2, 0) is 9.53 Å². The van der Waals surface area contributed by atoms with Gasteiger partial charge in [0.05, 0.1) is 0 Å². The van der Waals surface area contributed by atoms with Crippen LogP contribution in [-0.4, -0.2) is 31.3 Å². The van der Waals surface area contributed by atoms with E-state index < -0.39 is 31.3 Å². The van der Waals surface area contributed by atoms with Gasteiger partial charge in [-0.05, 0) is 0 Å². The Labute approximate surface area is 68.5 Å². The fourth-order valence-corrected chi connectivity index (χ4v) is 0.458. The fourth-order valence-electron chi connectivity index (χ4n) is 0.458. The molecule has 0 radical (unpaired) electrons. The number of ether oxygens (including phenoxy) is 1. The largest absolute Gasteiger partial charge is 0.461 e. The average Bonchev–Trinajstić information content (AvgIpc) is 1.98. The van der Waals surface area contributed by atoms with Crippen LogP contribution in [0.5, 0.6) is 0 Å². The molecule has 0 aromatic heterocycles. The van der Waals surface area contributed by atoms with Crippen LogP contribution >= 0.6 is 0 Å². The van der Waals surface area contributed by atoms with E-state index in [2.05, 4.69) is 4.74 Å². The van der Waals surface area contributed by atoms with Crippen LogP contribution < -0.4 is 0 Å². The lowest BCUT2D eigenvalue weighted by Crippen LogP contribution is -2.44. The Balaban J connectivity index is 4.34. The fraction of sp³-hybridized carbons (Fsp3) is 0.800. The molecule has 0 aromatic rings. The third kappa shape index (κ3) is 3.51. The summed E-state index contributed by atoms with van der Waals surface area (Å²) in [6.45, 7) is -2.42. The van der Waals surface area contributed by atoms with Gasteiger partial charge in [-0.15, -0.1) is 0 Å². The van der Waals surface area contributed by atoms with Crippen molar-refractivity contribution >= 4 is 6.47 Å². The topological polar surface area (TPSA) is 26.3 Å². The SMILES string of the molecule is O=COCC(F)(F)[C@@H](F)C(F)(F)F. The van der Waals surface area contributed by atoms with Crippen molar-refractivity contribution in [3.63, 3.8) is 0 Å². The normalized spacial score (nSPS) is 15.2. The predicted molar refractivity (Wildman–Crippen MR) is 27.9 cm³/mol. The van der Waals surface area contributed by atoms with Crippen molar-refractivity contribution in [2.45, 2.75) is 18.3 Å². The second kappa shape index (κ2) is 3.84. The van der Waals surface area contributed by atoms with Gasteiger partial charge in [0, 0.05) is 0 Å². The smallest absolute Gasteiger partial charge is 0.425 e. The van der Waals surface area contributed by atoms with Gasteiger partial charge >= 0.3 is 12.1 Å². The summed E-state index contributed by atoms with van der Waals surface area (Å²) in [6.07, 6.45) is -10.0. The van der Waals surface area contributed by atoms with Crippen molar-refractivity contribution in [3.05, 3.63) is 0 Å². The molecule has 0 spiro atoms. The maximum atomic E-state index is 12.1. The van der Waals surface area contributed by atoms with E-state index in [4.69, 9.17) is 0 Å². The van der Waals surface area contributed by atoms with Crippen molar-refractivity contribution in [1.29, 1.82) is 0 Å². The molecule has 0 amide bonds. The molecule has 0 aliphatic rings. The number of halogens is 6. The zero-order valence-electron chi connectivity index (χ0n) is 5.95. The van der Waals surface area contributed by atoms with E-state index in [1.54, 1.807) is 0 Å². The van der Waals surface area contributed by atoms with E-state index in [9.17, 15) is 31.1 Å². The summed E-state index contributed by atoms with van der Waals surface area (Å²) < 4.78 is 73.6. The third-order valence-corrected chi connectivity index (χ3v) is 1.00. The Morgan fingerprint density at radius 3 is 2.00 bits per heavy atom. The average molecular weight is 210 g/mol. The summed E-state index contributed by atoms with van der Waals surface area (Å²) in [5.41, 5.74) is 0. The van der Waals surface area contributed by atoms with Gasteiger partial charge in [-0.2, -0.15) is 22.0 Å². The molecule has 0 rings (SSSR count). The van der Waals surface area contributed by atoms with Crippen LogP contribution in [0, 0.1) is 0 Å². The van der Waals surface area contributed by atoms with Crippen LogP contribution in [0.2, 0.25) is 0 Å². The van der Waals surface area contributed by atoms with Gasteiger partial charge in [0.25, 0.3) is 12.6 Å². The van der Waals surface area contributed by atoms with Gasteiger partial charge in [-0.1, -0.05) is 0 Å². The highest BCUT2D eigenvalue weighted by molar-refractivity contribution is 5.37. The Hall–Kier alpha value is -0.950. The number of carbonyl (C=O) groups is 1. The first-order valence-electron chi connectivity index (χ1n) is 2.85. The summed E-state index contributed by atoms with van der Waals surface area (Å²) in [5.74, 6) is -4.75. The molecule has 0 aliphatic carbocycles. The van der Waals surface area contributed by atoms with Gasteiger partial charge in [-0.25, -0.2) is 4.39 Å². The molecule has 8 heteroatoms. The zero-order chi connectivity index (χ0) is 10.7. The van der Waals surface area contributed by atoms with Crippen LogP contribution in [0.25, 0.3) is 0 Å². The third-order valence-electron chi connectivity index (χ3n) is 1.00. The Morgan fingerprint density at radius 2 is 1.69 bits per heavy atom. The monoisotopic (exact) mass is 210 g/mol. The standard InChI is InChI=1S/C5H4F6O2/c6-3(5(9,10)11)4(7,8)1-13-2-12/h2-3H,1H2/t3-/m1/s1. The van der Waals surface area contributed by atoms with Gasteiger partial charge < -0.3 is 4.74 Å². The molecular formula is C5H4F6O2. The summed E-state index contributed by atoms with van der Waals surface area (Å²) in [5, 5.41) is 0. The minimum atomic E-state index is -5.67. The van der Waals surface area contributed by atoms with Crippen molar-refractivity contribution in [3.8, 4) is 0 Å². The highest BCUT2D eigenvalue weighted by Gasteiger charge is 2.57. The molecule has 0 fully saturated rings. The lowest BCUT2D eigenvalue weighted by atomic mass is 10.2. The molecule has 0 N–H and O–H groups in total. The predicted octanol–water partition coefficient (Wildman–Crippen LogP) is 1.70. The molecule has 78 valence electrons. The van der Waals surface area contributed by atoms with E-state index in [1.165, 1.54) is 0 Å². The zero-order valence-corrected chi connectivity index (χ0v) is 5.95. The second-order valence-corrected chi connectivity index (χ2v) is 2.07. The molecule has 1 atom stereocenters. The van der Waals surface area contributed by atoms with Crippen molar-refractivity contribution in [2.24, 2.45) is 0 Å².